The first kappa shape index (κ1) is 11.3. The number of aromatic hydroxyl groups is 1. The zero-order chi connectivity index (χ0) is 12.3. The molecule has 3 heteroatoms. The summed E-state index contributed by atoms with van der Waals surface area (Å²) in [6.07, 6.45) is 0. The van der Waals surface area contributed by atoms with E-state index in [0.29, 0.717) is 5.75 Å². The summed E-state index contributed by atoms with van der Waals surface area (Å²) < 4.78 is 10.2. The van der Waals surface area contributed by atoms with Crippen LogP contribution in [-0.2, 0) is 0 Å². The van der Waals surface area contributed by atoms with Gasteiger partial charge in [0.15, 0.2) is 11.5 Å². The van der Waals surface area contributed by atoms with E-state index in [1.807, 2.05) is 30.3 Å². The van der Waals surface area contributed by atoms with Gasteiger partial charge in [0.1, 0.15) is 5.75 Å². The van der Waals surface area contributed by atoms with Gasteiger partial charge in [-0.2, -0.15) is 0 Å². The molecule has 3 nitrogen and oxygen atoms in total. The lowest BCUT2D eigenvalue weighted by Gasteiger charge is -2.07. The monoisotopic (exact) mass is 230 g/mol. The van der Waals surface area contributed by atoms with Crippen molar-refractivity contribution >= 4 is 0 Å². The second-order valence-corrected chi connectivity index (χ2v) is 3.62. The standard InChI is InChI=1S/C14H14O3/c1-16-12-5-3-4-10(8-12)11-6-7-14(17-2)13(15)9-11/h3-9,15H,1-2H3. The van der Waals surface area contributed by atoms with E-state index in [1.54, 1.807) is 19.2 Å². The number of hydrogen-bond acceptors (Lipinski definition) is 3. The van der Waals surface area contributed by atoms with Crippen molar-refractivity contribution in [2.75, 3.05) is 14.2 Å². The van der Waals surface area contributed by atoms with E-state index in [-0.39, 0.29) is 5.75 Å². The minimum absolute atomic E-state index is 0.132. The van der Waals surface area contributed by atoms with Crippen molar-refractivity contribution in [1.82, 2.24) is 0 Å². The Bertz CT molecular complexity index is 521. The van der Waals surface area contributed by atoms with Crippen LogP contribution in [0.25, 0.3) is 11.1 Å². The second-order valence-electron chi connectivity index (χ2n) is 3.62. The Morgan fingerprint density at radius 2 is 1.65 bits per heavy atom. The lowest BCUT2D eigenvalue weighted by molar-refractivity contribution is 0.373. The number of phenols is 1. The molecule has 0 heterocycles. The molecule has 0 aliphatic rings. The third-order valence-electron chi connectivity index (χ3n) is 2.58. The lowest BCUT2D eigenvalue weighted by Crippen LogP contribution is -1.86. The zero-order valence-electron chi connectivity index (χ0n) is 9.81. The van der Waals surface area contributed by atoms with Crippen molar-refractivity contribution in [1.29, 1.82) is 0 Å². The van der Waals surface area contributed by atoms with Gasteiger partial charge in [-0.15, -0.1) is 0 Å². The van der Waals surface area contributed by atoms with Crippen LogP contribution in [0.5, 0.6) is 17.2 Å². The summed E-state index contributed by atoms with van der Waals surface area (Å²) in [5.74, 6) is 1.39. The molecule has 0 spiro atoms. The molecular weight excluding hydrogens is 216 g/mol. The average molecular weight is 230 g/mol. The van der Waals surface area contributed by atoms with Gasteiger partial charge in [0, 0.05) is 0 Å². The second kappa shape index (κ2) is 4.78. The molecule has 17 heavy (non-hydrogen) atoms. The minimum Gasteiger partial charge on any atom is -0.504 e. The van der Waals surface area contributed by atoms with Gasteiger partial charge in [0.05, 0.1) is 14.2 Å². The molecule has 0 unspecified atom stereocenters. The quantitative estimate of drug-likeness (QED) is 0.880. The van der Waals surface area contributed by atoms with Gasteiger partial charge < -0.3 is 14.6 Å². The van der Waals surface area contributed by atoms with Crippen LogP contribution in [0.1, 0.15) is 0 Å². The van der Waals surface area contributed by atoms with Crippen LogP contribution in [0.2, 0.25) is 0 Å². The van der Waals surface area contributed by atoms with Gasteiger partial charge in [0.2, 0.25) is 0 Å². The molecule has 0 fully saturated rings. The predicted octanol–water partition coefficient (Wildman–Crippen LogP) is 3.08. The number of rotatable bonds is 3. The van der Waals surface area contributed by atoms with Crippen molar-refractivity contribution < 1.29 is 14.6 Å². The fourth-order valence-electron chi connectivity index (χ4n) is 1.67. The van der Waals surface area contributed by atoms with Crippen molar-refractivity contribution in [3.63, 3.8) is 0 Å². The zero-order valence-corrected chi connectivity index (χ0v) is 9.81. The number of methoxy groups -OCH3 is 2. The first-order valence-electron chi connectivity index (χ1n) is 5.26. The summed E-state index contributed by atoms with van der Waals surface area (Å²) in [6.45, 7) is 0. The highest BCUT2D eigenvalue weighted by Crippen LogP contribution is 2.32. The third-order valence-corrected chi connectivity index (χ3v) is 2.58. The molecule has 2 aromatic rings. The van der Waals surface area contributed by atoms with Crippen molar-refractivity contribution in [3.05, 3.63) is 42.5 Å². The Kier molecular flexibility index (Phi) is 3.19. The maximum absolute atomic E-state index is 9.72. The van der Waals surface area contributed by atoms with Crippen molar-refractivity contribution in [2.24, 2.45) is 0 Å². The highest BCUT2D eigenvalue weighted by molar-refractivity contribution is 5.68. The SMILES string of the molecule is COc1cccc(-c2ccc(OC)c(O)c2)c1. The molecule has 2 rings (SSSR count). The predicted molar refractivity (Wildman–Crippen MR) is 66.6 cm³/mol. The molecule has 0 saturated heterocycles. The normalized spacial score (nSPS) is 10.0. The molecule has 1 N–H and O–H groups in total. The van der Waals surface area contributed by atoms with E-state index >= 15 is 0 Å². The Hall–Kier alpha value is -2.16. The maximum Gasteiger partial charge on any atom is 0.160 e. The maximum atomic E-state index is 9.72. The van der Waals surface area contributed by atoms with E-state index in [4.69, 9.17) is 9.47 Å². The van der Waals surface area contributed by atoms with Crippen LogP contribution in [0, 0.1) is 0 Å². The van der Waals surface area contributed by atoms with Gasteiger partial charge in [-0.25, -0.2) is 0 Å². The lowest BCUT2D eigenvalue weighted by atomic mass is 10.0. The van der Waals surface area contributed by atoms with E-state index < -0.39 is 0 Å². The highest BCUT2D eigenvalue weighted by atomic mass is 16.5. The summed E-state index contributed by atoms with van der Waals surface area (Å²) in [4.78, 5) is 0. The molecule has 2 aromatic carbocycles. The smallest absolute Gasteiger partial charge is 0.160 e. The summed E-state index contributed by atoms with van der Waals surface area (Å²) in [5.41, 5.74) is 1.91. The van der Waals surface area contributed by atoms with Gasteiger partial charge in [0.25, 0.3) is 0 Å². The molecule has 0 amide bonds. The summed E-state index contributed by atoms with van der Waals surface area (Å²) in [6, 6.07) is 13.0. The fraction of sp³-hybridized carbons (Fsp3) is 0.143. The minimum atomic E-state index is 0.132. The topological polar surface area (TPSA) is 38.7 Å². The fourth-order valence-corrected chi connectivity index (χ4v) is 1.67. The highest BCUT2D eigenvalue weighted by Gasteiger charge is 2.05. The van der Waals surface area contributed by atoms with Crippen LogP contribution >= 0.6 is 0 Å². The van der Waals surface area contributed by atoms with Gasteiger partial charge in [-0.3, -0.25) is 0 Å². The summed E-state index contributed by atoms with van der Waals surface area (Å²) >= 11 is 0. The van der Waals surface area contributed by atoms with E-state index in [2.05, 4.69) is 0 Å². The largest absolute Gasteiger partial charge is 0.504 e. The molecule has 0 bridgehead atoms. The number of hydrogen-bond donors (Lipinski definition) is 1. The first-order chi connectivity index (χ1) is 8.24. The van der Waals surface area contributed by atoms with E-state index in [9.17, 15) is 5.11 Å². The molecule has 0 aliphatic carbocycles. The molecule has 0 aliphatic heterocycles. The molecule has 0 saturated carbocycles. The Morgan fingerprint density at radius 1 is 0.882 bits per heavy atom. The van der Waals surface area contributed by atoms with Crippen LogP contribution in [0.4, 0.5) is 0 Å². The average Bonchev–Trinajstić information content (AvgIpc) is 2.38. The van der Waals surface area contributed by atoms with E-state index in [0.717, 1.165) is 16.9 Å². The Morgan fingerprint density at radius 3 is 2.29 bits per heavy atom. The van der Waals surface area contributed by atoms with Crippen LogP contribution in [0.3, 0.4) is 0 Å². The first-order valence-corrected chi connectivity index (χ1v) is 5.26. The van der Waals surface area contributed by atoms with Crippen LogP contribution in [0.15, 0.2) is 42.5 Å². The molecule has 88 valence electrons. The van der Waals surface area contributed by atoms with Crippen molar-refractivity contribution in [2.45, 2.75) is 0 Å². The van der Waals surface area contributed by atoms with Crippen molar-refractivity contribution in [3.8, 4) is 28.4 Å². The van der Waals surface area contributed by atoms with E-state index in [1.165, 1.54) is 7.11 Å². The molecule has 0 radical (unpaired) electrons. The van der Waals surface area contributed by atoms with Gasteiger partial charge in [-0.05, 0) is 35.4 Å². The Balaban J connectivity index is 2.42. The van der Waals surface area contributed by atoms with Crippen LogP contribution in [-0.4, -0.2) is 19.3 Å². The number of ether oxygens (including phenoxy) is 2. The number of benzene rings is 2. The number of phenolic OH excluding ortho intramolecular Hbond substituents is 1. The molecular formula is C14H14O3. The Labute approximate surface area is 100 Å². The molecule has 0 atom stereocenters. The molecule has 0 aromatic heterocycles. The van der Waals surface area contributed by atoms with Gasteiger partial charge in [-0.1, -0.05) is 18.2 Å². The third kappa shape index (κ3) is 2.33. The summed E-state index contributed by atoms with van der Waals surface area (Å²) in [7, 11) is 3.16. The van der Waals surface area contributed by atoms with Gasteiger partial charge >= 0.3 is 0 Å². The van der Waals surface area contributed by atoms with Crippen LogP contribution < -0.4 is 9.47 Å². The summed E-state index contributed by atoms with van der Waals surface area (Å²) in [5, 5.41) is 9.72.